The molecule has 5 rings (SSSR count). The number of amides is 1. The molecule has 1 aliphatic heterocycles. The van der Waals surface area contributed by atoms with Crippen molar-refractivity contribution in [3.05, 3.63) is 94.7 Å². The Kier molecular flexibility index (Phi) is 7.27. The van der Waals surface area contributed by atoms with Crippen LogP contribution in [0.1, 0.15) is 24.0 Å². The maximum atomic E-state index is 13.2. The van der Waals surface area contributed by atoms with Crippen molar-refractivity contribution in [1.82, 2.24) is 4.31 Å². The van der Waals surface area contributed by atoms with Gasteiger partial charge in [0.15, 0.2) is 0 Å². The molecule has 0 spiro atoms. The van der Waals surface area contributed by atoms with Crippen LogP contribution in [0.25, 0.3) is 11.0 Å². The van der Waals surface area contributed by atoms with Crippen molar-refractivity contribution in [3.8, 4) is 0 Å². The average Bonchev–Trinajstić information content (AvgIpc) is 3.27. The van der Waals surface area contributed by atoms with Crippen molar-refractivity contribution in [2.75, 3.05) is 18.4 Å². The first-order chi connectivity index (χ1) is 17.4. The fraction of sp³-hybridized carbons (Fsp3) is 0.250. The van der Waals surface area contributed by atoms with Crippen LogP contribution in [0.5, 0.6) is 0 Å². The number of fused-ring (bicyclic) bond motifs is 1. The van der Waals surface area contributed by atoms with E-state index in [0.29, 0.717) is 24.7 Å². The average molecular weight is 568 g/mol. The minimum atomic E-state index is -3.57. The van der Waals surface area contributed by atoms with Gasteiger partial charge in [0.2, 0.25) is 15.9 Å². The van der Waals surface area contributed by atoms with Gasteiger partial charge < -0.3 is 9.73 Å². The standard InChI is InChI=1S/C28H27BrN2O4S/c29-23-6-11-27-26(18-23)22(19-35-27)17-28(32)30-24-7-9-25(10-8-24)36(33,34)31-14-12-21(13-15-31)16-20-4-2-1-3-5-20/h1-11,18-19,21H,12-17H2,(H,30,32). The van der Waals surface area contributed by atoms with Crippen LogP contribution < -0.4 is 5.32 Å². The van der Waals surface area contributed by atoms with E-state index in [1.807, 2.05) is 36.4 Å². The van der Waals surface area contributed by atoms with Crippen LogP contribution in [0, 0.1) is 5.92 Å². The SMILES string of the molecule is O=C(Cc1coc2ccc(Br)cc12)Nc1ccc(S(=O)(=O)N2CCC(Cc3ccccc3)CC2)cc1. The molecule has 1 amide bonds. The number of anilines is 1. The smallest absolute Gasteiger partial charge is 0.243 e. The molecule has 0 bridgehead atoms. The summed E-state index contributed by atoms with van der Waals surface area (Å²) in [6.45, 7) is 1.04. The number of hydrogen-bond acceptors (Lipinski definition) is 4. The van der Waals surface area contributed by atoms with Crippen LogP contribution >= 0.6 is 15.9 Å². The van der Waals surface area contributed by atoms with Crippen molar-refractivity contribution in [1.29, 1.82) is 0 Å². The Morgan fingerprint density at radius 3 is 2.44 bits per heavy atom. The van der Waals surface area contributed by atoms with Crippen LogP contribution in [0.15, 0.2) is 92.8 Å². The largest absolute Gasteiger partial charge is 0.464 e. The Hall–Kier alpha value is -2.94. The zero-order valence-corrected chi connectivity index (χ0v) is 22.1. The zero-order valence-electron chi connectivity index (χ0n) is 19.7. The fourth-order valence-corrected chi connectivity index (χ4v) is 6.56. The van der Waals surface area contributed by atoms with Gasteiger partial charge in [-0.3, -0.25) is 4.79 Å². The van der Waals surface area contributed by atoms with E-state index in [0.717, 1.165) is 40.3 Å². The highest BCUT2D eigenvalue weighted by atomic mass is 79.9. The summed E-state index contributed by atoms with van der Waals surface area (Å²) in [6.07, 6.45) is 4.43. The van der Waals surface area contributed by atoms with Crippen molar-refractivity contribution in [3.63, 3.8) is 0 Å². The van der Waals surface area contributed by atoms with Gasteiger partial charge in [0, 0.05) is 34.2 Å². The maximum Gasteiger partial charge on any atom is 0.243 e. The molecule has 2 heterocycles. The number of carbonyl (C=O) groups excluding carboxylic acids is 1. The highest BCUT2D eigenvalue weighted by Gasteiger charge is 2.29. The number of rotatable bonds is 7. The van der Waals surface area contributed by atoms with E-state index < -0.39 is 10.0 Å². The van der Waals surface area contributed by atoms with E-state index in [9.17, 15) is 13.2 Å². The molecule has 1 aromatic heterocycles. The molecule has 1 N–H and O–H groups in total. The van der Waals surface area contributed by atoms with Crippen LogP contribution in [-0.2, 0) is 27.7 Å². The summed E-state index contributed by atoms with van der Waals surface area (Å²) in [6, 6.07) is 22.4. The van der Waals surface area contributed by atoms with E-state index in [1.165, 1.54) is 5.56 Å². The fourth-order valence-electron chi connectivity index (χ4n) is 4.73. The van der Waals surface area contributed by atoms with Crippen LogP contribution in [0.4, 0.5) is 5.69 Å². The van der Waals surface area contributed by atoms with Crippen LogP contribution in [0.3, 0.4) is 0 Å². The van der Waals surface area contributed by atoms with Gasteiger partial charge in [-0.15, -0.1) is 0 Å². The normalized spacial score (nSPS) is 15.2. The molecule has 36 heavy (non-hydrogen) atoms. The molecule has 186 valence electrons. The molecule has 1 fully saturated rings. The molecule has 1 saturated heterocycles. The number of carbonyl (C=O) groups is 1. The summed E-state index contributed by atoms with van der Waals surface area (Å²) in [7, 11) is -3.57. The molecule has 4 aromatic rings. The molecule has 8 heteroatoms. The third-order valence-electron chi connectivity index (χ3n) is 6.68. The quantitative estimate of drug-likeness (QED) is 0.296. The number of nitrogens with zero attached hydrogens (tertiary/aromatic N) is 1. The summed E-state index contributed by atoms with van der Waals surface area (Å²) >= 11 is 3.44. The molecule has 0 unspecified atom stereocenters. The Labute approximate surface area is 219 Å². The maximum absolute atomic E-state index is 13.2. The van der Waals surface area contributed by atoms with Gasteiger partial charge in [-0.05, 0) is 73.2 Å². The lowest BCUT2D eigenvalue weighted by atomic mass is 9.91. The minimum absolute atomic E-state index is 0.154. The number of sulfonamides is 1. The molecule has 3 aromatic carbocycles. The lowest BCUT2D eigenvalue weighted by molar-refractivity contribution is -0.115. The first-order valence-electron chi connectivity index (χ1n) is 12.0. The molecular formula is C28H27BrN2O4S. The van der Waals surface area contributed by atoms with Gasteiger partial charge >= 0.3 is 0 Å². The van der Waals surface area contributed by atoms with Gasteiger partial charge in [-0.1, -0.05) is 46.3 Å². The monoisotopic (exact) mass is 566 g/mol. The summed E-state index contributed by atoms with van der Waals surface area (Å²) in [5.74, 6) is 0.290. The molecule has 0 radical (unpaired) electrons. The van der Waals surface area contributed by atoms with Crippen molar-refractivity contribution in [2.24, 2.45) is 5.92 Å². The van der Waals surface area contributed by atoms with Crippen LogP contribution in [0.2, 0.25) is 0 Å². The van der Waals surface area contributed by atoms with Crippen molar-refractivity contribution in [2.45, 2.75) is 30.6 Å². The Morgan fingerprint density at radius 2 is 1.72 bits per heavy atom. The van der Waals surface area contributed by atoms with E-state index >= 15 is 0 Å². The molecule has 0 saturated carbocycles. The van der Waals surface area contributed by atoms with Crippen LogP contribution in [-0.4, -0.2) is 31.7 Å². The second kappa shape index (κ2) is 10.6. The van der Waals surface area contributed by atoms with Crippen molar-refractivity contribution < 1.29 is 17.6 Å². The van der Waals surface area contributed by atoms with Crippen molar-refractivity contribution >= 4 is 48.5 Å². The van der Waals surface area contributed by atoms with Gasteiger partial charge in [0.1, 0.15) is 5.58 Å². The molecule has 0 atom stereocenters. The molecule has 0 aliphatic carbocycles. The first kappa shape index (κ1) is 24.7. The Bertz CT molecular complexity index is 1460. The third-order valence-corrected chi connectivity index (χ3v) is 9.09. The van der Waals surface area contributed by atoms with Gasteiger partial charge in [-0.2, -0.15) is 4.31 Å². The van der Waals surface area contributed by atoms with E-state index in [4.69, 9.17) is 4.42 Å². The molecule has 1 aliphatic rings. The van der Waals surface area contributed by atoms with Gasteiger partial charge in [-0.25, -0.2) is 8.42 Å². The minimum Gasteiger partial charge on any atom is -0.464 e. The first-order valence-corrected chi connectivity index (χ1v) is 14.2. The number of nitrogens with one attached hydrogen (secondary N) is 1. The second-order valence-corrected chi connectivity index (χ2v) is 12.0. The van der Waals surface area contributed by atoms with E-state index in [2.05, 4.69) is 33.4 Å². The highest BCUT2D eigenvalue weighted by Crippen LogP contribution is 2.28. The molecular weight excluding hydrogens is 540 g/mol. The number of piperidine rings is 1. The predicted molar refractivity (Wildman–Crippen MR) is 144 cm³/mol. The summed E-state index contributed by atoms with van der Waals surface area (Å²) in [5, 5.41) is 3.73. The Balaban J connectivity index is 1.18. The van der Waals surface area contributed by atoms with E-state index in [1.54, 1.807) is 34.8 Å². The Morgan fingerprint density at radius 1 is 1.00 bits per heavy atom. The van der Waals surface area contributed by atoms with E-state index in [-0.39, 0.29) is 17.2 Å². The number of halogens is 1. The number of benzene rings is 3. The lowest BCUT2D eigenvalue weighted by Gasteiger charge is -2.31. The third kappa shape index (κ3) is 5.56. The topological polar surface area (TPSA) is 79.6 Å². The zero-order chi connectivity index (χ0) is 25.1. The number of furan rings is 1. The summed E-state index contributed by atoms with van der Waals surface area (Å²) in [4.78, 5) is 12.9. The van der Waals surface area contributed by atoms with Gasteiger partial charge in [0.25, 0.3) is 0 Å². The predicted octanol–water partition coefficient (Wildman–Crippen LogP) is 6.02. The lowest BCUT2D eigenvalue weighted by Crippen LogP contribution is -2.38. The summed E-state index contributed by atoms with van der Waals surface area (Å²) in [5.41, 5.74) is 3.36. The van der Waals surface area contributed by atoms with Gasteiger partial charge in [0.05, 0.1) is 17.6 Å². The molecule has 6 nitrogen and oxygen atoms in total. The second-order valence-electron chi connectivity index (χ2n) is 9.19. The summed E-state index contributed by atoms with van der Waals surface area (Å²) < 4.78 is 34.4. The highest BCUT2D eigenvalue weighted by molar-refractivity contribution is 9.10. The number of hydrogen-bond donors (Lipinski definition) is 1.